The topological polar surface area (TPSA) is 52.4 Å². The van der Waals surface area contributed by atoms with Crippen LogP contribution in [0.15, 0.2) is 18.2 Å². The molecule has 0 fully saturated rings. The van der Waals surface area contributed by atoms with E-state index in [1.165, 1.54) is 7.11 Å². The highest BCUT2D eigenvalue weighted by Gasteiger charge is 2.17. The third-order valence-electron chi connectivity index (χ3n) is 2.78. The van der Waals surface area contributed by atoms with E-state index in [0.29, 0.717) is 0 Å². The summed E-state index contributed by atoms with van der Waals surface area (Å²) < 4.78 is 4.95. The molecule has 0 saturated carbocycles. The lowest BCUT2D eigenvalue weighted by Crippen LogP contribution is -2.10. The Morgan fingerprint density at radius 1 is 1.47 bits per heavy atom. The molecule has 0 saturated heterocycles. The van der Waals surface area contributed by atoms with Crippen LogP contribution >= 0.6 is 11.6 Å². The SMILES string of the molecule is COc1ccc(CC(C)C(C)Cl)cc1[N+](=O)[O-]. The van der Waals surface area contributed by atoms with Crippen LogP contribution in [-0.4, -0.2) is 17.4 Å². The van der Waals surface area contributed by atoms with Crippen molar-refractivity contribution in [1.82, 2.24) is 0 Å². The predicted octanol–water partition coefficient (Wildman–Crippen LogP) is 3.41. The van der Waals surface area contributed by atoms with Crippen molar-refractivity contribution < 1.29 is 9.66 Å². The molecule has 17 heavy (non-hydrogen) atoms. The quantitative estimate of drug-likeness (QED) is 0.461. The Labute approximate surface area is 106 Å². The van der Waals surface area contributed by atoms with E-state index in [2.05, 4.69) is 0 Å². The van der Waals surface area contributed by atoms with Gasteiger partial charge in [-0.05, 0) is 30.9 Å². The lowest BCUT2D eigenvalue weighted by Gasteiger charge is -2.13. The average Bonchev–Trinajstić information content (AvgIpc) is 2.28. The molecule has 0 heterocycles. The standard InChI is InChI=1S/C12H16ClNO3/c1-8(9(2)13)6-10-4-5-12(17-3)11(7-10)14(15)16/h4-5,7-9H,6H2,1-3H3. The van der Waals surface area contributed by atoms with Crippen LogP contribution in [0.4, 0.5) is 5.69 Å². The van der Waals surface area contributed by atoms with Gasteiger partial charge in [0.25, 0.3) is 0 Å². The molecule has 1 rings (SSSR count). The Bertz CT molecular complexity index is 407. The number of methoxy groups -OCH3 is 1. The molecule has 0 amide bonds. The maximum absolute atomic E-state index is 10.9. The van der Waals surface area contributed by atoms with Crippen molar-refractivity contribution in [2.75, 3.05) is 7.11 Å². The van der Waals surface area contributed by atoms with Gasteiger partial charge in [-0.25, -0.2) is 0 Å². The number of alkyl halides is 1. The van der Waals surface area contributed by atoms with Gasteiger partial charge in [0, 0.05) is 11.4 Å². The molecule has 0 N–H and O–H groups in total. The van der Waals surface area contributed by atoms with E-state index in [1.54, 1.807) is 12.1 Å². The first-order chi connectivity index (χ1) is 7.95. The fourth-order valence-corrected chi connectivity index (χ4v) is 1.63. The number of nitro benzene ring substituents is 1. The van der Waals surface area contributed by atoms with Crippen LogP contribution in [0.25, 0.3) is 0 Å². The van der Waals surface area contributed by atoms with E-state index in [4.69, 9.17) is 16.3 Å². The highest BCUT2D eigenvalue weighted by atomic mass is 35.5. The summed E-state index contributed by atoms with van der Waals surface area (Å²) in [4.78, 5) is 10.4. The predicted molar refractivity (Wildman–Crippen MR) is 67.8 cm³/mol. The van der Waals surface area contributed by atoms with Crippen LogP contribution in [-0.2, 0) is 6.42 Å². The Morgan fingerprint density at radius 2 is 2.12 bits per heavy atom. The Hall–Kier alpha value is -1.29. The molecule has 2 unspecified atom stereocenters. The number of halogens is 1. The molecule has 0 aliphatic carbocycles. The van der Waals surface area contributed by atoms with Crippen molar-refractivity contribution in [2.45, 2.75) is 25.6 Å². The second-order valence-electron chi connectivity index (χ2n) is 4.12. The minimum absolute atomic E-state index is 0.000532. The monoisotopic (exact) mass is 257 g/mol. The maximum atomic E-state index is 10.9. The largest absolute Gasteiger partial charge is 0.490 e. The van der Waals surface area contributed by atoms with Gasteiger partial charge in [0.15, 0.2) is 5.75 Å². The third kappa shape index (κ3) is 3.60. The Kier molecular flexibility index (Phi) is 4.75. The van der Waals surface area contributed by atoms with Crippen LogP contribution in [0.5, 0.6) is 5.75 Å². The van der Waals surface area contributed by atoms with Crippen LogP contribution in [0.1, 0.15) is 19.4 Å². The first kappa shape index (κ1) is 13.8. The number of ether oxygens (including phenoxy) is 1. The normalized spacial score (nSPS) is 14.1. The highest BCUT2D eigenvalue weighted by molar-refractivity contribution is 6.20. The van der Waals surface area contributed by atoms with E-state index in [9.17, 15) is 10.1 Å². The average molecular weight is 258 g/mol. The van der Waals surface area contributed by atoms with Crippen molar-refractivity contribution in [3.05, 3.63) is 33.9 Å². The van der Waals surface area contributed by atoms with Gasteiger partial charge in [-0.15, -0.1) is 11.6 Å². The Balaban J connectivity index is 2.96. The summed E-state index contributed by atoms with van der Waals surface area (Å²) in [5.41, 5.74) is 0.900. The zero-order valence-electron chi connectivity index (χ0n) is 10.1. The summed E-state index contributed by atoms with van der Waals surface area (Å²) in [6.45, 7) is 3.94. The molecule has 1 aromatic carbocycles. The van der Waals surface area contributed by atoms with Gasteiger partial charge in [0.05, 0.1) is 12.0 Å². The second-order valence-corrected chi connectivity index (χ2v) is 4.81. The van der Waals surface area contributed by atoms with E-state index >= 15 is 0 Å². The summed E-state index contributed by atoms with van der Waals surface area (Å²) in [6.07, 6.45) is 0.718. The molecule has 1 aromatic rings. The molecule has 0 aromatic heterocycles. The van der Waals surface area contributed by atoms with E-state index in [-0.39, 0.29) is 22.7 Å². The highest BCUT2D eigenvalue weighted by Crippen LogP contribution is 2.29. The van der Waals surface area contributed by atoms with E-state index in [0.717, 1.165) is 12.0 Å². The van der Waals surface area contributed by atoms with Crippen molar-refractivity contribution >= 4 is 17.3 Å². The Morgan fingerprint density at radius 3 is 2.59 bits per heavy atom. The molecule has 4 nitrogen and oxygen atoms in total. The minimum Gasteiger partial charge on any atom is -0.490 e. The van der Waals surface area contributed by atoms with Crippen molar-refractivity contribution in [3.63, 3.8) is 0 Å². The second kappa shape index (κ2) is 5.87. The van der Waals surface area contributed by atoms with Crippen LogP contribution in [0.3, 0.4) is 0 Å². The van der Waals surface area contributed by atoms with Crippen LogP contribution < -0.4 is 4.74 Å². The zero-order chi connectivity index (χ0) is 13.0. The zero-order valence-corrected chi connectivity index (χ0v) is 10.9. The first-order valence-electron chi connectivity index (χ1n) is 5.41. The number of hydrogen-bond acceptors (Lipinski definition) is 3. The molecular weight excluding hydrogens is 242 g/mol. The summed E-state index contributed by atoms with van der Waals surface area (Å²) >= 11 is 5.98. The van der Waals surface area contributed by atoms with E-state index in [1.807, 2.05) is 19.9 Å². The lowest BCUT2D eigenvalue weighted by molar-refractivity contribution is -0.385. The molecule has 0 aliphatic heterocycles. The van der Waals surface area contributed by atoms with Gasteiger partial charge in [0.1, 0.15) is 0 Å². The van der Waals surface area contributed by atoms with Crippen molar-refractivity contribution in [3.8, 4) is 5.75 Å². The van der Waals surface area contributed by atoms with Crippen LogP contribution in [0.2, 0.25) is 0 Å². The maximum Gasteiger partial charge on any atom is 0.311 e. The van der Waals surface area contributed by atoms with Crippen molar-refractivity contribution in [1.29, 1.82) is 0 Å². The molecule has 0 spiro atoms. The van der Waals surface area contributed by atoms with Gasteiger partial charge in [-0.3, -0.25) is 10.1 Å². The summed E-state index contributed by atoms with van der Waals surface area (Å²) in [7, 11) is 1.42. The molecular formula is C12H16ClNO3. The third-order valence-corrected chi connectivity index (χ3v) is 3.21. The van der Waals surface area contributed by atoms with Gasteiger partial charge in [-0.1, -0.05) is 13.0 Å². The number of rotatable bonds is 5. The number of benzene rings is 1. The van der Waals surface area contributed by atoms with Gasteiger partial charge < -0.3 is 4.74 Å². The molecule has 5 heteroatoms. The van der Waals surface area contributed by atoms with Crippen molar-refractivity contribution in [2.24, 2.45) is 5.92 Å². The van der Waals surface area contributed by atoms with Gasteiger partial charge in [-0.2, -0.15) is 0 Å². The fourth-order valence-electron chi connectivity index (χ4n) is 1.54. The van der Waals surface area contributed by atoms with Gasteiger partial charge in [0.2, 0.25) is 0 Å². The lowest BCUT2D eigenvalue weighted by atomic mass is 9.98. The minimum atomic E-state index is -0.433. The van der Waals surface area contributed by atoms with Crippen LogP contribution in [0, 0.1) is 16.0 Å². The fraction of sp³-hybridized carbons (Fsp3) is 0.500. The van der Waals surface area contributed by atoms with E-state index < -0.39 is 4.92 Å². The molecule has 0 radical (unpaired) electrons. The summed E-state index contributed by atoms with van der Waals surface area (Å²) in [5.74, 6) is 0.551. The molecule has 2 atom stereocenters. The summed E-state index contributed by atoms with van der Waals surface area (Å²) in [6, 6.07) is 5.01. The molecule has 0 bridgehead atoms. The number of hydrogen-bond donors (Lipinski definition) is 0. The number of nitro groups is 1. The van der Waals surface area contributed by atoms with Gasteiger partial charge >= 0.3 is 5.69 Å². The molecule has 94 valence electrons. The number of nitrogens with zero attached hydrogens (tertiary/aromatic N) is 1. The smallest absolute Gasteiger partial charge is 0.311 e. The summed E-state index contributed by atoms with van der Waals surface area (Å²) in [5, 5.41) is 10.9. The molecule has 0 aliphatic rings. The first-order valence-corrected chi connectivity index (χ1v) is 5.84.